The van der Waals surface area contributed by atoms with Crippen LogP contribution in [0.5, 0.6) is 5.75 Å². The van der Waals surface area contributed by atoms with Crippen molar-refractivity contribution in [2.24, 2.45) is 11.8 Å². The summed E-state index contributed by atoms with van der Waals surface area (Å²) in [5.74, 6) is 1.28. The molecule has 0 N–H and O–H groups in total. The highest BCUT2D eigenvalue weighted by molar-refractivity contribution is 5.91. The first-order valence-corrected chi connectivity index (χ1v) is 11.9. The van der Waals surface area contributed by atoms with Crippen LogP contribution in [0.15, 0.2) is 60.7 Å². The summed E-state index contributed by atoms with van der Waals surface area (Å²) >= 11 is 0. The smallest absolute Gasteiger partial charge is 0.343 e. The number of hydrogen-bond acceptors (Lipinski definition) is 2. The third-order valence-electron chi connectivity index (χ3n) is 6.33. The Balaban J connectivity index is 1.36. The minimum absolute atomic E-state index is 0.343. The summed E-state index contributed by atoms with van der Waals surface area (Å²) < 4.78 is 18.2. The van der Waals surface area contributed by atoms with Gasteiger partial charge >= 0.3 is 5.97 Å². The molecule has 1 saturated carbocycles. The maximum absolute atomic E-state index is 12.9. The minimum Gasteiger partial charge on any atom is -0.423 e. The van der Waals surface area contributed by atoms with Gasteiger partial charge in [0, 0.05) is 0 Å². The zero-order chi connectivity index (χ0) is 21.9. The largest absolute Gasteiger partial charge is 0.423 e. The van der Waals surface area contributed by atoms with Crippen molar-refractivity contribution in [3.63, 3.8) is 0 Å². The van der Waals surface area contributed by atoms with Gasteiger partial charge in [-0.2, -0.15) is 0 Å². The molecule has 0 bridgehead atoms. The van der Waals surface area contributed by atoms with Gasteiger partial charge in [0.05, 0.1) is 5.56 Å². The van der Waals surface area contributed by atoms with Crippen LogP contribution < -0.4 is 4.74 Å². The minimum atomic E-state index is -0.427. The van der Waals surface area contributed by atoms with Crippen LogP contribution in [0.25, 0.3) is 0 Å². The van der Waals surface area contributed by atoms with Crippen LogP contribution >= 0.6 is 0 Å². The van der Waals surface area contributed by atoms with E-state index in [-0.39, 0.29) is 5.82 Å². The SMILES string of the molecule is CCCCC[C@H]1CC[C@H](C=CCCc2ccc(C(=O)Oc3ccc(F)cc3)cc2)CC1. The van der Waals surface area contributed by atoms with E-state index in [0.29, 0.717) is 11.3 Å². The Morgan fingerprint density at radius 1 is 1.00 bits per heavy atom. The van der Waals surface area contributed by atoms with E-state index in [1.165, 1.54) is 81.2 Å². The van der Waals surface area contributed by atoms with Crippen LogP contribution in [0.3, 0.4) is 0 Å². The van der Waals surface area contributed by atoms with E-state index in [9.17, 15) is 9.18 Å². The zero-order valence-corrected chi connectivity index (χ0v) is 18.7. The number of unbranched alkanes of at least 4 members (excludes halogenated alkanes) is 2. The van der Waals surface area contributed by atoms with Crippen molar-refractivity contribution in [1.29, 1.82) is 0 Å². The highest BCUT2D eigenvalue weighted by atomic mass is 19.1. The standard InChI is InChI=1S/C28H35FO2/c1-2-3-4-7-22-10-12-23(13-11-22)8-5-6-9-24-14-16-25(17-15-24)28(30)31-27-20-18-26(29)19-21-27/h5,8,14-23H,2-4,6-7,9-13H2,1H3/t22-,23-. The Kier molecular flexibility index (Phi) is 9.33. The summed E-state index contributed by atoms with van der Waals surface area (Å²) in [5.41, 5.74) is 1.71. The highest BCUT2D eigenvalue weighted by Crippen LogP contribution is 2.32. The molecule has 3 rings (SSSR count). The number of esters is 1. The lowest BCUT2D eigenvalue weighted by Gasteiger charge is -2.26. The van der Waals surface area contributed by atoms with Crippen molar-refractivity contribution < 1.29 is 13.9 Å². The molecule has 3 heteroatoms. The van der Waals surface area contributed by atoms with E-state index in [1.807, 2.05) is 12.1 Å². The Bertz CT molecular complexity index is 815. The first-order chi connectivity index (χ1) is 15.1. The summed E-state index contributed by atoms with van der Waals surface area (Å²) in [4.78, 5) is 12.2. The number of allylic oxidation sites excluding steroid dienone is 2. The summed E-state index contributed by atoms with van der Waals surface area (Å²) in [7, 11) is 0. The second kappa shape index (κ2) is 12.4. The molecule has 0 spiro atoms. The summed E-state index contributed by atoms with van der Waals surface area (Å²) in [6.45, 7) is 2.28. The molecule has 2 nitrogen and oxygen atoms in total. The Labute approximate surface area is 186 Å². The van der Waals surface area contributed by atoms with E-state index in [2.05, 4.69) is 19.1 Å². The van der Waals surface area contributed by atoms with Gasteiger partial charge in [0.15, 0.2) is 0 Å². The first kappa shape index (κ1) is 23.2. The van der Waals surface area contributed by atoms with Crippen molar-refractivity contribution in [1.82, 2.24) is 0 Å². The van der Waals surface area contributed by atoms with Crippen molar-refractivity contribution in [2.75, 3.05) is 0 Å². The van der Waals surface area contributed by atoms with E-state index in [0.717, 1.165) is 24.7 Å². The van der Waals surface area contributed by atoms with Crippen LogP contribution in [-0.2, 0) is 6.42 Å². The van der Waals surface area contributed by atoms with Gasteiger partial charge in [0.25, 0.3) is 0 Å². The molecule has 0 atom stereocenters. The Morgan fingerprint density at radius 2 is 1.71 bits per heavy atom. The molecular weight excluding hydrogens is 387 g/mol. The normalized spacial score (nSPS) is 18.9. The third kappa shape index (κ3) is 7.97. The number of hydrogen-bond donors (Lipinski definition) is 0. The molecule has 0 aromatic heterocycles. The number of ether oxygens (including phenoxy) is 1. The number of benzene rings is 2. The topological polar surface area (TPSA) is 26.3 Å². The maximum Gasteiger partial charge on any atom is 0.343 e. The lowest BCUT2D eigenvalue weighted by Crippen LogP contribution is -2.13. The second-order valence-corrected chi connectivity index (χ2v) is 8.78. The lowest BCUT2D eigenvalue weighted by atomic mass is 9.79. The molecule has 0 aliphatic heterocycles. The highest BCUT2D eigenvalue weighted by Gasteiger charge is 2.18. The second-order valence-electron chi connectivity index (χ2n) is 8.78. The average molecular weight is 423 g/mol. The summed E-state index contributed by atoms with van der Waals surface area (Å²) in [6.07, 6.45) is 17.8. The number of carbonyl (C=O) groups is 1. The predicted molar refractivity (Wildman–Crippen MR) is 125 cm³/mol. The molecule has 0 saturated heterocycles. The van der Waals surface area contributed by atoms with Crippen LogP contribution in [0, 0.1) is 17.7 Å². The van der Waals surface area contributed by atoms with Crippen molar-refractivity contribution in [3.8, 4) is 5.75 Å². The van der Waals surface area contributed by atoms with Gasteiger partial charge in [-0.05, 0) is 92.3 Å². The molecule has 2 aromatic rings. The molecule has 0 radical (unpaired) electrons. The van der Waals surface area contributed by atoms with Crippen molar-refractivity contribution in [2.45, 2.75) is 71.1 Å². The van der Waals surface area contributed by atoms with Gasteiger partial charge in [-0.3, -0.25) is 0 Å². The van der Waals surface area contributed by atoms with E-state index < -0.39 is 5.97 Å². The molecule has 1 aliphatic rings. The quantitative estimate of drug-likeness (QED) is 0.168. The molecule has 0 heterocycles. The number of rotatable bonds is 10. The first-order valence-electron chi connectivity index (χ1n) is 11.9. The fraction of sp³-hybridized carbons (Fsp3) is 0.464. The molecule has 166 valence electrons. The lowest BCUT2D eigenvalue weighted by molar-refractivity contribution is 0.0734. The Hall–Kier alpha value is -2.42. The van der Waals surface area contributed by atoms with E-state index in [4.69, 9.17) is 4.74 Å². The van der Waals surface area contributed by atoms with Gasteiger partial charge in [0.2, 0.25) is 0 Å². The number of carbonyl (C=O) groups excluding carboxylic acids is 1. The van der Waals surface area contributed by atoms with Gasteiger partial charge in [-0.25, -0.2) is 9.18 Å². The van der Waals surface area contributed by atoms with Gasteiger partial charge < -0.3 is 4.74 Å². The van der Waals surface area contributed by atoms with Crippen LogP contribution in [0.1, 0.15) is 80.6 Å². The predicted octanol–water partition coefficient (Wildman–Crippen LogP) is 7.92. The molecule has 1 fully saturated rings. The van der Waals surface area contributed by atoms with Crippen LogP contribution in [0.2, 0.25) is 0 Å². The molecule has 0 amide bonds. The van der Waals surface area contributed by atoms with E-state index in [1.54, 1.807) is 12.1 Å². The monoisotopic (exact) mass is 422 g/mol. The zero-order valence-electron chi connectivity index (χ0n) is 18.7. The fourth-order valence-corrected chi connectivity index (χ4v) is 4.37. The van der Waals surface area contributed by atoms with Crippen LogP contribution in [-0.4, -0.2) is 5.97 Å². The van der Waals surface area contributed by atoms with Gasteiger partial charge in [0.1, 0.15) is 11.6 Å². The third-order valence-corrected chi connectivity index (χ3v) is 6.33. The maximum atomic E-state index is 12.9. The van der Waals surface area contributed by atoms with Crippen molar-refractivity contribution >= 4 is 5.97 Å². The molecule has 2 aromatic carbocycles. The fourth-order valence-electron chi connectivity index (χ4n) is 4.37. The van der Waals surface area contributed by atoms with Crippen molar-refractivity contribution in [3.05, 3.63) is 77.6 Å². The van der Waals surface area contributed by atoms with Gasteiger partial charge in [-0.15, -0.1) is 0 Å². The molecule has 1 aliphatic carbocycles. The van der Waals surface area contributed by atoms with Crippen LogP contribution in [0.4, 0.5) is 4.39 Å². The molecule has 0 unspecified atom stereocenters. The molecular formula is C28H35FO2. The molecule has 31 heavy (non-hydrogen) atoms. The van der Waals surface area contributed by atoms with Gasteiger partial charge in [-0.1, -0.05) is 56.9 Å². The number of halogens is 1. The average Bonchev–Trinajstić information content (AvgIpc) is 2.80. The summed E-state index contributed by atoms with van der Waals surface area (Å²) in [6, 6.07) is 13.0. The number of aryl methyl sites for hydroxylation is 1. The Morgan fingerprint density at radius 3 is 2.39 bits per heavy atom. The summed E-state index contributed by atoms with van der Waals surface area (Å²) in [5, 5.41) is 0. The van der Waals surface area contributed by atoms with E-state index >= 15 is 0 Å².